The SMILES string of the molecule is O=C(O)CCN1CCN(C(=O)NCC2CC=CCC2)CC1. The highest BCUT2D eigenvalue weighted by atomic mass is 16.4. The van der Waals surface area contributed by atoms with Crippen LogP contribution in [0, 0.1) is 5.92 Å². The first-order valence-corrected chi connectivity index (χ1v) is 7.77. The maximum atomic E-state index is 12.1. The van der Waals surface area contributed by atoms with Gasteiger partial charge in [0.15, 0.2) is 0 Å². The van der Waals surface area contributed by atoms with Crippen LogP contribution in [-0.4, -0.2) is 66.2 Å². The molecule has 118 valence electrons. The summed E-state index contributed by atoms with van der Waals surface area (Å²) in [6.45, 7) is 4.19. The Hall–Kier alpha value is -1.56. The average Bonchev–Trinajstić information content (AvgIpc) is 2.52. The van der Waals surface area contributed by atoms with Crippen molar-refractivity contribution in [3.05, 3.63) is 12.2 Å². The molecule has 0 spiro atoms. The summed E-state index contributed by atoms with van der Waals surface area (Å²) in [7, 11) is 0. The maximum absolute atomic E-state index is 12.1. The highest BCUT2D eigenvalue weighted by Gasteiger charge is 2.21. The Morgan fingerprint density at radius 1 is 1.19 bits per heavy atom. The molecule has 1 unspecified atom stereocenters. The van der Waals surface area contributed by atoms with E-state index in [0.717, 1.165) is 38.9 Å². The summed E-state index contributed by atoms with van der Waals surface area (Å²) in [6.07, 6.45) is 7.89. The lowest BCUT2D eigenvalue weighted by molar-refractivity contribution is -0.137. The predicted molar refractivity (Wildman–Crippen MR) is 80.1 cm³/mol. The number of amides is 2. The van der Waals surface area contributed by atoms with Crippen molar-refractivity contribution in [1.82, 2.24) is 15.1 Å². The lowest BCUT2D eigenvalue weighted by Crippen LogP contribution is -2.52. The van der Waals surface area contributed by atoms with E-state index in [1.165, 1.54) is 0 Å². The van der Waals surface area contributed by atoms with Crippen molar-refractivity contribution in [3.8, 4) is 0 Å². The van der Waals surface area contributed by atoms with E-state index in [-0.39, 0.29) is 12.5 Å². The molecular weight excluding hydrogens is 270 g/mol. The number of carbonyl (C=O) groups is 2. The zero-order valence-corrected chi connectivity index (χ0v) is 12.5. The van der Waals surface area contributed by atoms with Gasteiger partial charge in [-0.15, -0.1) is 0 Å². The first-order valence-electron chi connectivity index (χ1n) is 7.77. The van der Waals surface area contributed by atoms with Crippen molar-refractivity contribution in [2.75, 3.05) is 39.3 Å². The lowest BCUT2D eigenvalue weighted by Gasteiger charge is -2.34. The van der Waals surface area contributed by atoms with Gasteiger partial charge in [-0.3, -0.25) is 9.69 Å². The van der Waals surface area contributed by atoms with Gasteiger partial charge >= 0.3 is 12.0 Å². The van der Waals surface area contributed by atoms with Crippen molar-refractivity contribution >= 4 is 12.0 Å². The van der Waals surface area contributed by atoms with Gasteiger partial charge in [0.2, 0.25) is 0 Å². The van der Waals surface area contributed by atoms with E-state index in [2.05, 4.69) is 22.4 Å². The smallest absolute Gasteiger partial charge is 0.317 e. The summed E-state index contributed by atoms with van der Waals surface area (Å²) in [5, 5.41) is 11.7. The summed E-state index contributed by atoms with van der Waals surface area (Å²) in [6, 6.07) is 0.0161. The van der Waals surface area contributed by atoms with E-state index in [4.69, 9.17) is 5.11 Å². The van der Waals surface area contributed by atoms with Gasteiger partial charge in [0.1, 0.15) is 0 Å². The number of nitrogens with zero attached hydrogens (tertiary/aromatic N) is 2. The zero-order chi connectivity index (χ0) is 15.1. The predicted octanol–water partition coefficient (Wildman–Crippen LogP) is 1.14. The summed E-state index contributed by atoms with van der Waals surface area (Å²) in [4.78, 5) is 26.6. The van der Waals surface area contributed by atoms with Crippen molar-refractivity contribution in [1.29, 1.82) is 0 Å². The number of carbonyl (C=O) groups excluding carboxylic acids is 1. The topological polar surface area (TPSA) is 72.9 Å². The molecule has 0 aromatic rings. The largest absolute Gasteiger partial charge is 0.481 e. The Labute approximate surface area is 125 Å². The van der Waals surface area contributed by atoms with Crippen LogP contribution in [-0.2, 0) is 4.79 Å². The summed E-state index contributed by atoms with van der Waals surface area (Å²) >= 11 is 0. The molecule has 1 heterocycles. The quantitative estimate of drug-likeness (QED) is 0.746. The normalized spacial score (nSPS) is 23.0. The molecule has 0 saturated carbocycles. The van der Waals surface area contributed by atoms with Crippen LogP contribution in [0.3, 0.4) is 0 Å². The monoisotopic (exact) mass is 295 g/mol. The number of aliphatic carboxylic acids is 1. The number of hydrogen-bond acceptors (Lipinski definition) is 3. The van der Waals surface area contributed by atoms with E-state index >= 15 is 0 Å². The van der Waals surface area contributed by atoms with Crippen LogP contribution >= 0.6 is 0 Å². The molecule has 21 heavy (non-hydrogen) atoms. The molecule has 1 fully saturated rings. The van der Waals surface area contributed by atoms with E-state index in [1.807, 2.05) is 4.90 Å². The van der Waals surface area contributed by atoms with Gasteiger partial charge in [-0.05, 0) is 25.2 Å². The second kappa shape index (κ2) is 8.02. The summed E-state index contributed by atoms with van der Waals surface area (Å²) in [5.74, 6) is -0.201. The zero-order valence-electron chi connectivity index (χ0n) is 12.5. The number of hydrogen-bond donors (Lipinski definition) is 2. The number of carboxylic acid groups (broad SMARTS) is 1. The Morgan fingerprint density at radius 2 is 1.95 bits per heavy atom. The average molecular weight is 295 g/mol. The lowest BCUT2D eigenvalue weighted by atomic mass is 9.94. The van der Waals surface area contributed by atoms with Crippen LogP contribution in [0.1, 0.15) is 25.7 Å². The number of urea groups is 1. The highest BCUT2D eigenvalue weighted by molar-refractivity contribution is 5.74. The van der Waals surface area contributed by atoms with Gasteiger partial charge in [-0.25, -0.2) is 4.79 Å². The molecule has 1 aliphatic carbocycles. The first kappa shape index (κ1) is 15.8. The van der Waals surface area contributed by atoms with Crippen LogP contribution < -0.4 is 5.32 Å². The molecule has 1 atom stereocenters. The fraction of sp³-hybridized carbons (Fsp3) is 0.733. The Bertz CT molecular complexity index is 390. The number of nitrogens with one attached hydrogen (secondary N) is 1. The highest BCUT2D eigenvalue weighted by Crippen LogP contribution is 2.17. The van der Waals surface area contributed by atoms with Crippen molar-refractivity contribution in [3.63, 3.8) is 0 Å². The second-order valence-electron chi connectivity index (χ2n) is 5.81. The molecule has 2 rings (SSSR count). The minimum Gasteiger partial charge on any atom is -0.481 e. The fourth-order valence-corrected chi connectivity index (χ4v) is 2.81. The molecule has 2 N–H and O–H groups in total. The molecule has 0 radical (unpaired) electrons. The summed E-state index contributed by atoms with van der Waals surface area (Å²) in [5.41, 5.74) is 0. The molecule has 2 aliphatic rings. The van der Waals surface area contributed by atoms with E-state index in [1.54, 1.807) is 0 Å². The Morgan fingerprint density at radius 3 is 2.57 bits per heavy atom. The molecular formula is C15H25N3O3. The van der Waals surface area contributed by atoms with Crippen LogP contribution in [0.5, 0.6) is 0 Å². The van der Waals surface area contributed by atoms with Gasteiger partial charge in [0, 0.05) is 39.3 Å². The molecule has 6 nitrogen and oxygen atoms in total. The van der Waals surface area contributed by atoms with Gasteiger partial charge in [0.05, 0.1) is 6.42 Å². The molecule has 2 amide bonds. The van der Waals surface area contributed by atoms with Crippen LogP contribution in [0.4, 0.5) is 4.79 Å². The molecule has 0 aromatic carbocycles. The van der Waals surface area contributed by atoms with E-state index in [0.29, 0.717) is 25.6 Å². The van der Waals surface area contributed by atoms with Crippen LogP contribution in [0.2, 0.25) is 0 Å². The fourth-order valence-electron chi connectivity index (χ4n) is 2.81. The number of piperazine rings is 1. The maximum Gasteiger partial charge on any atom is 0.317 e. The molecule has 0 aromatic heterocycles. The van der Waals surface area contributed by atoms with Crippen LogP contribution in [0.25, 0.3) is 0 Å². The number of carboxylic acids is 1. The van der Waals surface area contributed by atoms with Crippen molar-refractivity contribution in [2.24, 2.45) is 5.92 Å². The third-order valence-corrected chi connectivity index (χ3v) is 4.22. The Balaban J connectivity index is 1.63. The Kier molecular flexibility index (Phi) is 6.04. The van der Waals surface area contributed by atoms with Gasteiger partial charge < -0.3 is 15.3 Å². The summed E-state index contributed by atoms with van der Waals surface area (Å²) < 4.78 is 0. The van der Waals surface area contributed by atoms with Gasteiger partial charge in [-0.2, -0.15) is 0 Å². The minimum absolute atomic E-state index is 0.0161. The molecule has 6 heteroatoms. The van der Waals surface area contributed by atoms with Gasteiger partial charge in [0.25, 0.3) is 0 Å². The van der Waals surface area contributed by atoms with E-state index in [9.17, 15) is 9.59 Å². The van der Waals surface area contributed by atoms with Crippen molar-refractivity contribution in [2.45, 2.75) is 25.7 Å². The molecule has 0 bridgehead atoms. The van der Waals surface area contributed by atoms with Crippen LogP contribution in [0.15, 0.2) is 12.2 Å². The first-order chi connectivity index (χ1) is 10.1. The van der Waals surface area contributed by atoms with E-state index < -0.39 is 5.97 Å². The van der Waals surface area contributed by atoms with Crippen molar-refractivity contribution < 1.29 is 14.7 Å². The molecule has 1 saturated heterocycles. The second-order valence-corrected chi connectivity index (χ2v) is 5.81. The number of rotatable bonds is 5. The standard InChI is InChI=1S/C15H25N3O3/c19-14(20)6-7-17-8-10-18(11-9-17)15(21)16-12-13-4-2-1-3-5-13/h1-2,13H,3-12H2,(H,16,21)(H,19,20). The number of allylic oxidation sites excluding steroid dienone is 2. The third-order valence-electron chi connectivity index (χ3n) is 4.22. The minimum atomic E-state index is -0.767. The van der Waals surface area contributed by atoms with Gasteiger partial charge in [-0.1, -0.05) is 12.2 Å². The molecule has 1 aliphatic heterocycles. The third kappa shape index (κ3) is 5.38.